The Morgan fingerprint density at radius 2 is 2.19 bits per heavy atom. The molecule has 6 nitrogen and oxygen atoms in total. The lowest BCUT2D eigenvalue weighted by Gasteiger charge is -2.11. The minimum Gasteiger partial charge on any atom is -0.394 e. The molecule has 0 aliphatic heterocycles. The van der Waals surface area contributed by atoms with E-state index in [0.29, 0.717) is 20.8 Å². The molecule has 0 saturated carbocycles. The van der Waals surface area contributed by atoms with Gasteiger partial charge in [0.1, 0.15) is 15.6 Å². The van der Waals surface area contributed by atoms with Crippen LogP contribution < -0.4 is 10.6 Å². The van der Waals surface area contributed by atoms with Gasteiger partial charge in [0, 0.05) is 21.7 Å². The standard InChI is InChI=1S/C17H15FIN3O3S/c18-12-6-9(19)3-4-13(12)22-17-14(15(25)21-7-10(24)8-23)11-2-1-5-20-16(11)26-17/h1-6,10,22-24H,7-8H2,(H,21,25). The Labute approximate surface area is 166 Å². The molecule has 1 amide bonds. The number of hydrogen-bond donors (Lipinski definition) is 4. The smallest absolute Gasteiger partial charge is 0.255 e. The van der Waals surface area contributed by atoms with Crippen LogP contribution in [0, 0.1) is 9.39 Å². The summed E-state index contributed by atoms with van der Waals surface area (Å²) in [6.45, 7) is -0.546. The van der Waals surface area contributed by atoms with E-state index >= 15 is 0 Å². The van der Waals surface area contributed by atoms with E-state index in [4.69, 9.17) is 5.11 Å². The van der Waals surface area contributed by atoms with Crippen molar-refractivity contribution in [3.63, 3.8) is 0 Å². The number of amides is 1. The van der Waals surface area contributed by atoms with Crippen LogP contribution in [0.25, 0.3) is 10.2 Å². The highest BCUT2D eigenvalue weighted by molar-refractivity contribution is 14.1. The summed E-state index contributed by atoms with van der Waals surface area (Å²) in [6, 6.07) is 8.22. The van der Waals surface area contributed by atoms with Gasteiger partial charge in [-0.05, 0) is 52.9 Å². The molecule has 0 radical (unpaired) electrons. The van der Waals surface area contributed by atoms with Gasteiger partial charge >= 0.3 is 0 Å². The number of carbonyl (C=O) groups excluding carboxylic acids is 1. The van der Waals surface area contributed by atoms with Gasteiger partial charge in [0.15, 0.2) is 0 Å². The number of carbonyl (C=O) groups is 1. The topological polar surface area (TPSA) is 94.5 Å². The van der Waals surface area contributed by atoms with E-state index < -0.39 is 24.4 Å². The fourth-order valence-electron chi connectivity index (χ4n) is 2.32. The zero-order chi connectivity index (χ0) is 18.7. The Balaban J connectivity index is 1.97. The molecular formula is C17H15FIN3O3S. The van der Waals surface area contributed by atoms with Crippen LogP contribution in [0.1, 0.15) is 10.4 Å². The zero-order valence-corrected chi connectivity index (χ0v) is 16.3. The molecule has 0 aliphatic rings. The van der Waals surface area contributed by atoms with Crippen LogP contribution in [0.2, 0.25) is 0 Å². The number of nitrogens with zero attached hydrogens (tertiary/aromatic N) is 1. The molecule has 1 unspecified atom stereocenters. The highest BCUT2D eigenvalue weighted by atomic mass is 127. The number of halogens is 2. The third-order valence-electron chi connectivity index (χ3n) is 3.58. The van der Waals surface area contributed by atoms with Gasteiger partial charge in [-0.25, -0.2) is 9.37 Å². The van der Waals surface area contributed by atoms with Crippen molar-refractivity contribution in [3.8, 4) is 0 Å². The number of aliphatic hydroxyl groups excluding tert-OH is 2. The molecule has 1 atom stereocenters. The van der Waals surface area contributed by atoms with Gasteiger partial charge in [-0.3, -0.25) is 4.79 Å². The third kappa shape index (κ3) is 4.11. The zero-order valence-electron chi connectivity index (χ0n) is 13.4. The summed E-state index contributed by atoms with van der Waals surface area (Å²) in [4.78, 5) is 17.5. The molecule has 0 bridgehead atoms. The van der Waals surface area contributed by atoms with Crippen molar-refractivity contribution in [2.45, 2.75) is 6.10 Å². The normalized spacial score (nSPS) is 12.2. The summed E-state index contributed by atoms with van der Waals surface area (Å²) in [5.74, 6) is -0.866. The minimum atomic E-state index is -1.05. The molecule has 9 heteroatoms. The summed E-state index contributed by atoms with van der Waals surface area (Å²) in [5.41, 5.74) is 0.572. The predicted molar refractivity (Wildman–Crippen MR) is 107 cm³/mol. The molecule has 3 aromatic rings. The average molecular weight is 487 g/mol. The second-order valence-electron chi connectivity index (χ2n) is 5.46. The highest BCUT2D eigenvalue weighted by Crippen LogP contribution is 2.36. The Kier molecular flexibility index (Phi) is 6.01. The molecule has 2 heterocycles. The fraction of sp³-hybridized carbons (Fsp3) is 0.176. The van der Waals surface area contributed by atoms with E-state index in [1.165, 1.54) is 17.4 Å². The summed E-state index contributed by atoms with van der Waals surface area (Å²) in [7, 11) is 0. The van der Waals surface area contributed by atoms with Crippen molar-refractivity contribution in [2.24, 2.45) is 0 Å². The van der Waals surface area contributed by atoms with Gasteiger partial charge in [-0.2, -0.15) is 0 Å². The molecular weight excluding hydrogens is 472 g/mol. The molecule has 4 N–H and O–H groups in total. The summed E-state index contributed by atoms with van der Waals surface area (Å²) in [6.07, 6.45) is 0.567. The number of aromatic nitrogens is 1. The van der Waals surface area contributed by atoms with Gasteiger partial charge in [0.25, 0.3) is 5.91 Å². The SMILES string of the molecule is O=C(NCC(O)CO)c1c(Nc2ccc(I)cc2F)sc2ncccc12. The summed E-state index contributed by atoms with van der Waals surface area (Å²) >= 11 is 3.26. The van der Waals surface area contributed by atoms with Crippen molar-refractivity contribution >= 4 is 60.7 Å². The van der Waals surface area contributed by atoms with E-state index in [0.717, 1.165) is 3.57 Å². The first-order valence-electron chi connectivity index (χ1n) is 7.66. The lowest BCUT2D eigenvalue weighted by atomic mass is 10.2. The number of pyridine rings is 1. The maximum atomic E-state index is 14.2. The molecule has 136 valence electrons. The van der Waals surface area contributed by atoms with Crippen molar-refractivity contribution in [2.75, 3.05) is 18.5 Å². The first-order chi connectivity index (χ1) is 12.5. The largest absolute Gasteiger partial charge is 0.394 e. The number of aliphatic hydroxyl groups is 2. The van der Waals surface area contributed by atoms with Crippen molar-refractivity contribution in [1.82, 2.24) is 10.3 Å². The Bertz CT molecular complexity index is 950. The van der Waals surface area contributed by atoms with E-state index in [2.05, 4.69) is 15.6 Å². The maximum Gasteiger partial charge on any atom is 0.255 e. The fourth-order valence-corrected chi connectivity index (χ4v) is 3.83. The lowest BCUT2D eigenvalue weighted by Crippen LogP contribution is -2.34. The number of nitrogens with one attached hydrogen (secondary N) is 2. The number of thiophene rings is 1. The predicted octanol–water partition coefficient (Wildman–Crippen LogP) is 2.87. The second-order valence-corrected chi connectivity index (χ2v) is 7.70. The number of rotatable bonds is 6. The van der Waals surface area contributed by atoms with Crippen molar-refractivity contribution < 1.29 is 19.4 Å². The van der Waals surface area contributed by atoms with Crippen molar-refractivity contribution in [3.05, 3.63) is 51.5 Å². The Morgan fingerprint density at radius 3 is 2.92 bits per heavy atom. The van der Waals surface area contributed by atoms with Gasteiger partial charge in [-0.1, -0.05) is 11.3 Å². The number of anilines is 2. The monoisotopic (exact) mass is 487 g/mol. The van der Waals surface area contributed by atoms with Crippen LogP contribution in [-0.2, 0) is 0 Å². The molecule has 0 aliphatic carbocycles. The molecule has 1 aromatic carbocycles. The quantitative estimate of drug-likeness (QED) is 0.402. The van der Waals surface area contributed by atoms with Crippen LogP contribution in [0.15, 0.2) is 36.5 Å². The summed E-state index contributed by atoms with van der Waals surface area (Å²) < 4.78 is 14.9. The molecule has 0 fully saturated rings. The number of hydrogen-bond acceptors (Lipinski definition) is 6. The number of benzene rings is 1. The van der Waals surface area contributed by atoms with Gasteiger partial charge in [-0.15, -0.1) is 0 Å². The molecule has 0 spiro atoms. The van der Waals surface area contributed by atoms with Crippen LogP contribution >= 0.6 is 33.9 Å². The first-order valence-corrected chi connectivity index (χ1v) is 9.56. The van der Waals surface area contributed by atoms with Crippen LogP contribution in [0.5, 0.6) is 0 Å². The van der Waals surface area contributed by atoms with E-state index in [1.807, 2.05) is 22.6 Å². The van der Waals surface area contributed by atoms with E-state index in [9.17, 15) is 14.3 Å². The van der Waals surface area contributed by atoms with Gasteiger partial charge in [0.2, 0.25) is 0 Å². The van der Waals surface area contributed by atoms with E-state index in [-0.39, 0.29) is 12.2 Å². The van der Waals surface area contributed by atoms with Crippen LogP contribution in [0.4, 0.5) is 15.1 Å². The molecule has 3 rings (SSSR count). The van der Waals surface area contributed by atoms with Crippen molar-refractivity contribution in [1.29, 1.82) is 0 Å². The van der Waals surface area contributed by atoms with Crippen LogP contribution in [-0.4, -0.2) is 40.4 Å². The molecule has 2 aromatic heterocycles. The molecule has 26 heavy (non-hydrogen) atoms. The Hall–Kier alpha value is -1.82. The van der Waals surface area contributed by atoms with Crippen LogP contribution in [0.3, 0.4) is 0 Å². The molecule has 0 saturated heterocycles. The average Bonchev–Trinajstić information content (AvgIpc) is 2.99. The number of fused-ring (bicyclic) bond motifs is 1. The third-order valence-corrected chi connectivity index (χ3v) is 5.28. The highest BCUT2D eigenvalue weighted by Gasteiger charge is 2.21. The maximum absolute atomic E-state index is 14.2. The van der Waals surface area contributed by atoms with Gasteiger partial charge in [0.05, 0.1) is 24.0 Å². The minimum absolute atomic E-state index is 0.0930. The van der Waals surface area contributed by atoms with E-state index in [1.54, 1.807) is 30.5 Å². The first kappa shape index (κ1) is 19.0. The van der Waals surface area contributed by atoms with Gasteiger partial charge < -0.3 is 20.8 Å². The lowest BCUT2D eigenvalue weighted by molar-refractivity contribution is 0.0803. The Morgan fingerprint density at radius 1 is 1.38 bits per heavy atom. The summed E-state index contributed by atoms with van der Waals surface area (Å²) in [5, 5.41) is 25.0. The second kappa shape index (κ2) is 8.25.